The van der Waals surface area contributed by atoms with E-state index < -0.39 is 40.5 Å². The molecule has 0 radical (unpaired) electrons. The van der Waals surface area contributed by atoms with Crippen molar-refractivity contribution in [1.29, 1.82) is 0 Å². The number of rotatable bonds is 6. The molecule has 2 N–H and O–H groups in total. The summed E-state index contributed by atoms with van der Waals surface area (Å²) in [4.78, 5) is 9.79. The van der Waals surface area contributed by atoms with Gasteiger partial charge in [-0.25, -0.2) is 22.8 Å². The molecule has 0 saturated heterocycles. The number of aromatic nitrogens is 2. The summed E-state index contributed by atoms with van der Waals surface area (Å²) in [5.74, 6) is -0.964. The number of nitrogen functional groups attached to an aromatic ring is 1. The fourth-order valence-corrected chi connectivity index (χ4v) is 5.31. The van der Waals surface area contributed by atoms with Crippen molar-refractivity contribution in [2.24, 2.45) is 0 Å². The highest BCUT2D eigenvalue weighted by atomic mass is 32.2. The maximum Gasteiger partial charge on any atom is 0.511 e. The molecule has 1 atom stereocenters. The number of aryl methyl sites for hydroxylation is 2. The van der Waals surface area contributed by atoms with E-state index in [0.717, 1.165) is 11.8 Å². The first-order valence-corrected chi connectivity index (χ1v) is 12.6. The predicted molar refractivity (Wildman–Crippen MR) is 128 cm³/mol. The summed E-state index contributed by atoms with van der Waals surface area (Å²) in [5.41, 5.74) is 2.79. The summed E-state index contributed by atoms with van der Waals surface area (Å²) >= 11 is 0. The van der Waals surface area contributed by atoms with Gasteiger partial charge < -0.3 is 10.6 Å². The first-order chi connectivity index (χ1) is 17.0. The van der Waals surface area contributed by atoms with Crippen LogP contribution in [-0.4, -0.2) is 40.8 Å². The Morgan fingerprint density at radius 3 is 2.50 bits per heavy atom. The van der Waals surface area contributed by atoms with Crippen molar-refractivity contribution in [1.82, 2.24) is 14.3 Å². The van der Waals surface area contributed by atoms with E-state index in [9.17, 15) is 26.0 Å². The fraction of sp³-hybridized carbons (Fsp3) is 0.333. The molecule has 0 bridgehead atoms. The van der Waals surface area contributed by atoms with Crippen LogP contribution in [0.15, 0.2) is 54.7 Å². The van der Waals surface area contributed by atoms with Gasteiger partial charge in [-0.15, -0.1) is 0 Å². The van der Waals surface area contributed by atoms with Crippen LogP contribution in [0.2, 0.25) is 0 Å². The number of benzene rings is 2. The molecular weight excluding hydrogens is 498 g/mol. The molecule has 0 saturated carbocycles. The van der Waals surface area contributed by atoms with E-state index in [1.54, 1.807) is 30.0 Å². The van der Waals surface area contributed by atoms with Gasteiger partial charge in [0.25, 0.3) is 0 Å². The van der Waals surface area contributed by atoms with Gasteiger partial charge in [0.05, 0.1) is 12.7 Å². The van der Waals surface area contributed by atoms with Crippen LogP contribution >= 0.6 is 0 Å². The first-order valence-electron chi connectivity index (χ1n) is 11.2. The Labute approximate surface area is 206 Å². The van der Waals surface area contributed by atoms with E-state index in [4.69, 9.17) is 5.73 Å². The number of nitrogens with zero attached hydrogens (tertiary/aromatic N) is 4. The van der Waals surface area contributed by atoms with Crippen LogP contribution in [0.3, 0.4) is 0 Å². The highest BCUT2D eigenvalue weighted by Crippen LogP contribution is 2.37. The average Bonchev–Trinajstić information content (AvgIpc) is 2.98. The van der Waals surface area contributed by atoms with Crippen LogP contribution in [-0.2, 0) is 29.5 Å². The molecule has 0 spiro atoms. The van der Waals surface area contributed by atoms with Gasteiger partial charge in [0, 0.05) is 24.8 Å². The Morgan fingerprint density at radius 1 is 1.11 bits per heavy atom. The minimum atomic E-state index is -5.60. The summed E-state index contributed by atoms with van der Waals surface area (Å²) in [6.45, 7) is 0.875. The molecule has 3 aromatic rings. The van der Waals surface area contributed by atoms with Gasteiger partial charge in [-0.2, -0.15) is 17.5 Å². The van der Waals surface area contributed by atoms with Crippen molar-refractivity contribution in [3.63, 3.8) is 0 Å². The normalized spacial score (nSPS) is 17.0. The molecule has 192 valence electrons. The Morgan fingerprint density at radius 2 is 1.83 bits per heavy atom. The predicted octanol–water partition coefficient (Wildman–Crippen LogP) is 4.18. The topological polar surface area (TPSA) is 92.4 Å². The molecule has 2 heterocycles. The van der Waals surface area contributed by atoms with E-state index in [-0.39, 0.29) is 18.2 Å². The molecule has 1 aliphatic rings. The molecule has 4 rings (SSSR count). The lowest BCUT2D eigenvalue weighted by molar-refractivity contribution is -0.0492. The number of anilines is 2. The van der Waals surface area contributed by atoms with Gasteiger partial charge in [0.2, 0.25) is 0 Å². The van der Waals surface area contributed by atoms with Crippen LogP contribution in [0, 0.1) is 12.7 Å². The van der Waals surface area contributed by atoms with Crippen LogP contribution in [0.25, 0.3) is 0 Å². The van der Waals surface area contributed by atoms with Gasteiger partial charge in [0.15, 0.2) is 11.6 Å². The maximum absolute atomic E-state index is 13.7. The number of fused-ring (bicyclic) bond motifs is 1. The van der Waals surface area contributed by atoms with Gasteiger partial charge in [-0.3, -0.25) is 0 Å². The lowest BCUT2D eigenvalue weighted by atomic mass is 10.0. The molecule has 0 fully saturated rings. The second-order valence-corrected chi connectivity index (χ2v) is 10.6. The molecule has 2 aromatic carbocycles. The van der Waals surface area contributed by atoms with Gasteiger partial charge in [-0.05, 0) is 42.5 Å². The van der Waals surface area contributed by atoms with Crippen molar-refractivity contribution in [2.75, 3.05) is 17.2 Å². The third kappa shape index (κ3) is 5.29. The number of alkyl halides is 3. The maximum atomic E-state index is 13.7. The van der Waals surface area contributed by atoms with Crippen LogP contribution in [0.4, 0.5) is 29.1 Å². The molecule has 1 aromatic heterocycles. The van der Waals surface area contributed by atoms with Gasteiger partial charge in [-0.1, -0.05) is 42.5 Å². The smallest absolute Gasteiger partial charge is 0.381 e. The Hall–Kier alpha value is -3.25. The second kappa shape index (κ2) is 10.0. The van der Waals surface area contributed by atoms with E-state index in [1.165, 1.54) is 0 Å². The Bertz CT molecular complexity index is 1340. The fourth-order valence-electron chi connectivity index (χ4n) is 4.35. The summed E-state index contributed by atoms with van der Waals surface area (Å²) in [7, 11) is -5.60. The molecule has 0 aliphatic carbocycles. The van der Waals surface area contributed by atoms with E-state index in [1.807, 2.05) is 30.3 Å². The summed E-state index contributed by atoms with van der Waals surface area (Å²) < 4.78 is 80.1. The minimum Gasteiger partial charge on any atom is -0.381 e. The number of hydrogen-bond acceptors (Lipinski definition) is 6. The van der Waals surface area contributed by atoms with Crippen molar-refractivity contribution in [2.45, 2.75) is 44.4 Å². The molecule has 7 nitrogen and oxygen atoms in total. The highest BCUT2D eigenvalue weighted by molar-refractivity contribution is 7.89. The van der Waals surface area contributed by atoms with Crippen LogP contribution in [0.1, 0.15) is 28.9 Å². The van der Waals surface area contributed by atoms with Gasteiger partial charge in [0.1, 0.15) is 5.82 Å². The lowest BCUT2D eigenvalue weighted by Crippen LogP contribution is -2.47. The first kappa shape index (κ1) is 25.8. The third-order valence-corrected chi connectivity index (χ3v) is 7.80. The largest absolute Gasteiger partial charge is 0.511 e. The van der Waals surface area contributed by atoms with Crippen molar-refractivity contribution in [3.8, 4) is 0 Å². The van der Waals surface area contributed by atoms with Crippen LogP contribution < -0.4 is 10.6 Å². The minimum absolute atomic E-state index is 0.000293. The number of halogens is 4. The van der Waals surface area contributed by atoms with Crippen LogP contribution in [0.5, 0.6) is 0 Å². The Balaban J connectivity index is 1.80. The third-order valence-electron chi connectivity index (χ3n) is 6.26. The van der Waals surface area contributed by atoms with E-state index >= 15 is 0 Å². The van der Waals surface area contributed by atoms with Crippen molar-refractivity contribution in [3.05, 3.63) is 83.1 Å². The zero-order valence-corrected chi connectivity index (χ0v) is 20.2. The SMILES string of the molecule is Cc1cccc2c1CN(S(=O)(=O)C(F)(F)F)C[C@@H](CCc1ccccc1)N2Cc1ncc(F)c(N)n1. The quantitative estimate of drug-likeness (QED) is 0.488. The zero-order valence-electron chi connectivity index (χ0n) is 19.4. The average molecular weight is 524 g/mol. The lowest BCUT2D eigenvalue weighted by Gasteiger charge is -2.34. The zero-order chi connectivity index (χ0) is 26.1. The number of sulfonamides is 1. The molecular formula is C24H25F4N5O2S. The van der Waals surface area contributed by atoms with E-state index in [2.05, 4.69) is 9.97 Å². The van der Waals surface area contributed by atoms with Gasteiger partial charge >= 0.3 is 15.5 Å². The highest BCUT2D eigenvalue weighted by Gasteiger charge is 2.51. The summed E-state index contributed by atoms with van der Waals surface area (Å²) in [6, 6.07) is 13.9. The molecule has 12 heteroatoms. The summed E-state index contributed by atoms with van der Waals surface area (Å²) in [6.07, 6.45) is 1.78. The molecule has 0 unspecified atom stereocenters. The van der Waals surface area contributed by atoms with Crippen molar-refractivity contribution < 1.29 is 26.0 Å². The standard InChI is InChI=1S/C24H25F4N5O2S/c1-16-6-5-9-21-19(16)14-32(36(34,35)24(26,27)28)13-18(11-10-17-7-3-2-4-8-17)33(21)15-22-30-12-20(25)23(29)31-22/h2-9,12,18H,10-11,13-15H2,1H3,(H2,29,30,31)/t18-/m1/s1. The number of nitrogens with two attached hydrogens (primary N) is 1. The monoisotopic (exact) mass is 523 g/mol. The molecule has 0 amide bonds. The molecule has 36 heavy (non-hydrogen) atoms. The second-order valence-electron chi connectivity index (χ2n) is 8.64. The Kier molecular flexibility index (Phi) is 7.19. The van der Waals surface area contributed by atoms with E-state index in [0.29, 0.717) is 34.0 Å². The number of hydrogen-bond donors (Lipinski definition) is 1. The van der Waals surface area contributed by atoms with Crippen molar-refractivity contribution >= 4 is 21.5 Å². The molecule has 1 aliphatic heterocycles. The summed E-state index contributed by atoms with van der Waals surface area (Å²) in [5, 5.41) is 0.